The summed E-state index contributed by atoms with van der Waals surface area (Å²) in [6, 6.07) is 0. The molecule has 0 saturated heterocycles. The maximum Gasteiger partial charge on any atom is 0.225 e. The molecule has 0 bridgehead atoms. The number of fused-ring (bicyclic) bond motifs is 1. The van der Waals surface area contributed by atoms with Crippen LogP contribution in [-0.4, -0.2) is 23.7 Å². The first-order valence-corrected chi connectivity index (χ1v) is 4.36. The van der Waals surface area contributed by atoms with Crippen LogP contribution in [0.5, 0.6) is 5.88 Å². The number of ether oxygens (including phenoxy) is 2. The van der Waals surface area contributed by atoms with Gasteiger partial charge in [0.2, 0.25) is 11.2 Å². The second-order valence-electron chi connectivity index (χ2n) is 2.73. The minimum atomic E-state index is 0.209. The lowest BCUT2D eigenvalue weighted by Crippen LogP contribution is -2.14. The van der Waals surface area contributed by atoms with Gasteiger partial charge in [-0.25, -0.2) is 4.98 Å². The van der Waals surface area contributed by atoms with E-state index in [0.29, 0.717) is 19.1 Å². The van der Waals surface area contributed by atoms with Crippen LogP contribution >= 0.6 is 11.6 Å². The molecule has 0 amide bonds. The summed E-state index contributed by atoms with van der Waals surface area (Å²) in [6.45, 7) is 1.18. The first kappa shape index (κ1) is 8.72. The van der Waals surface area contributed by atoms with Crippen molar-refractivity contribution in [1.82, 2.24) is 9.97 Å². The van der Waals surface area contributed by atoms with Gasteiger partial charge in [0.15, 0.2) is 0 Å². The molecule has 1 aliphatic rings. The average Bonchev–Trinajstić information content (AvgIpc) is 2.16. The lowest BCUT2D eigenvalue weighted by Gasteiger charge is -2.17. The molecule has 0 spiro atoms. The Hall–Kier alpha value is -0.870. The van der Waals surface area contributed by atoms with Gasteiger partial charge in [-0.2, -0.15) is 4.98 Å². The Morgan fingerprint density at radius 2 is 2.31 bits per heavy atom. The second-order valence-corrected chi connectivity index (χ2v) is 3.07. The van der Waals surface area contributed by atoms with Crippen molar-refractivity contribution in [2.24, 2.45) is 0 Å². The molecule has 0 radical (unpaired) electrons. The zero-order valence-electron chi connectivity index (χ0n) is 7.21. The number of halogens is 1. The molecule has 1 aromatic rings. The standard InChI is InChI=1S/C8H9ClN2O2/c1-12-7-5-2-3-13-4-6(5)10-8(9)11-7/h2-4H2,1H3. The molecular weight excluding hydrogens is 192 g/mol. The summed E-state index contributed by atoms with van der Waals surface area (Å²) in [7, 11) is 1.58. The van der Waals surface area contributed by atoms with Crippen molar-refractivity contribution in [3.05, 3.63) is 16.5 Å². The summed E-state index contributed by atoms with van der Waals surface area (Å²) in [5.74, 6) is 0.568. The zero-order valence-corrected chi connectivity index (χ0v) is 7.97. The minimum Gasteiger partial charge on any atom is -0.481 e. The Bertz CT molecular complexity index is 313. The predicted molar refractivity (Wildman–Crippen MR) is 47.0 cm³/mol. The van der Waals surface area contributed by atoms with Crippen molar-refractivity contribution in [3.8, 4) is 5.88 Å². The number of nitrogens with zero attached hydrogens (tertiary/aromatic N) is 2. The third-order valence-corrected chi connectivity index (χ3v) is 2.13. The van der Waals surface area contributed by atoms with Gasteiger partial charge in [-0.1, -0.05) is 0 Å². The molecule has 0 unspecified atom stereocenters. The second kappa shape index (κ2) is 3.47. The van der Waals surface area contributed by atoms with Gasteiger partial charge >= 0.3 is 0 Å². The van der Waals surface area contributed by atoms with E-state index in [1.165, 1.54) is 0 Å². The van der Waals surface area contributed by atoms with Crippen molar-refractivity contribution < 1.29 is 9.47 Å². The summed E-state index contributed by atoms with van der Waals surface area (Å²) in [5.41, 5.74) is 1.85. The molecule has 5 heteroatoms. The van der Waals surface area contributed by atoms with Crippen LogP contribution < -0.4 is 4.74 Å². The fourth-order valence-electron chi connectivity index (χ4n) is 1.36. The first-order valence-electron chi connectivity index (χ1n) is 3.98. The van der Waals surface area contributed by atoms with E-state index in [2.05, 4.69) is 9.97 Å². The molecule has 1 aromatic heterocycles. The highest BCUT2D eigenvalue weighted by Crippen LogP contribution is 2.24. The van der Waals surface area contributed by atoms with Crippen molar-refractivity contribution >= 4 is 11.6 Å². The third-order valence-electron chi connectivity index (χ3n) is 1.96. The Labute approximate surface area is 80.9 Å². The number of hydrogen-bond acceptors (Lipinski definition) is 4. The van der Waals surface area contributed by atoms with Gasteiger partial charge in [-0.3, -0.25) is 0 Å². The van der Waals surface area contributed by atoms with Crippen LogP contribution in [0.2, 0.25) is 5.28 Å². The predicted octanol–water partition coefficient (Wildman–Crippen LogP) is 1.21. The zero-order chi connectivity index (χ0) is 9.26. The Morgan fingerprint density at radius 1 is 1.46 bits per heavy atom. The van der Waals surface area contributed by atoms with E-state index in [1.54, 1.807) is 7.11 Å². The molecule has 0 fully saturated rings. The van der Waals surface area contributed by atoms with Crippen LogP contribution in [-0.2, 0) is 17.8 Å². The topological polar surface area (TPSA) is 44.2 Å². The van der Waals surface area contributed by atoms with E-state index in [1.807, 2.05) is 0 Å². The van der Waals surface area contributed by atoms with Crippen LogP contribution in [0, 0.1) is 0 Å². The van der Waals surface area contributed by atoms with Crippen LogP contribution in [0.1, 0.15) is 11.3 Å². The summed E-state index contributed by atoms with van der Waals surface area (Å²) >= 11 is 5.70. The van der Waals surface area contributed by atoms with E-state index in [0.717, 1.165) is 17.7 Å². The van der Waals surface area contributed by atoms with E-state index in [-0.39, 0.29) is 5.28 Å². The van der Waals surface area contributed by atoms with E-state index < -0.39 is 0 Å². The summed E-state index contributed by atoms with van der Waals surface area (Å²) in [5, 5.41) is 0.209. The SMILES string of the molecule is COc1nc(Cl)nc2c1CCOC2. The lowest BCUT2D eigenvalue weighted by atomic mass is 10.1. The van der Waals surface area contributed by atoms with Crippen molar-refractivity contribution in [2.75, 3.05) is 13.7 Å². The maximum absolute atomic E-state index is 5.70. The fourth-order valence-corrected chi connectivity index (χ4v) is 1.54. The number of methoxy groups -OCH3 is 1. The van der Waals surface area contributed by atoms with E-state index in [4.69, 9.17) is 21.1 Å². The summed E-state index contributed by atoms with van der Waals surface area (Å²) < 4.78 is 10.3. The van der Waals surface area contributed by atoms with Gasteiger partial charge in [-0.05, 0) is 11.6 Å². The van der Waals surface area contributed by atoms with Gasteiger partial charge in [0.05, 0.1) is 26.0 Å². The molecule has 70 valence electrons. The largest absolute Gasteiger partial charge is 0.481 e. The Kier molecular flexibility index (Phi) is 2.33. The highest BCUT2D eigenvalue weighted by Gasteiger charge is 2.17. The maximum atomic E-state index is 5.70. The first-order chi connectivity index (χ1) is 6.31. The van der Waals surface area contributed by atoms with Gasteiger partial charge in [-0.15, -0.1) is 0 Å². The molecular formula is C8H9ClN2O2. The molecule has 0 saturated carbocycles. The number of rotatable bonds is 1. The van der Waals surface area contributed by atoms with Gasteiger partial charge in [0.25, 0.3) is 0 Å². The molecule has 0 aliphatic carbocycles. The van der Waals surface area contributed by atoms with Crippen LogP contribution in [0.4, 0.5) is 0 Å². The quantitative estimate of drug-likeness (QED) is 0.640. The molecule has 2 rings (SSSR count). The van der Waals surface area contributed by atoms with Crippen molar-refractivity contribution in [3.63, 3.8) is 0 Å². The number of aromatic nitrogens is 2. The lowest BCUT2D eigenvalue weighted by molar-refractivity contribution is 0.105. The summed E-state index contributed by atoms with van der Waals surface area (Å²) in [4.78, 5) is 8.05. The number of hydrogen-bond donors (Lipinski definition) is 0. The van der Waals surface area contributed by atoms with E-state index in [9.17, 15) is 0 Å². The Morgan fingerprint density at radius 3 is 3.08 bits per heavy atom. The summed E-state index contributed by atoms with van der Waals surface area (Å²) in [6.07, 6.45) is 0.787. The molecule has 0 N–H and O–H groups in total. The van der Waals surface area contributed by atoms with Gasteiger partial charge in [0.1, 0.15) is 0 Å². The molecule has 4 nitrogen and oxygen atoms in total. The molecule has 1 aliphatic heterocycles. The van der Waals surface area contributed by atoms with Gasteiger partial charge < -0.3 is 9.47 Å². The average molecular weight is 201 g/mol. The van der Waals surface area contributed by atoms with Crippen LogP contribution in [0.15, 0.2) is 0 Å². The van der Waals surface area contributed by atoms with Crippen molar-refractivity contribution in [2.45, 2.75) is 13.0 Å². The smallest absolute Gasteiger partial charge is 0.225 e. The normalized spacial score (nSPS) is 15.2. The molecule has 0 aromatic carbocycles. The highest BCUT2D eigenvalue weighted by molar-refractivity contribution is 6.28. The van der Waals surface area contributed by atoms with Gasteiger partial charge in [0, 0.05) is 12.0 Å². The van der Waals surface area contributed by atoms with Crippen LogP contribution in [0.3, 0.4) is 0 Å². The Balaban J connectivity index is 2.50. The minimum absolute atomic E-state index is 0.209. The monoisotopic (exact) mass is 200 g/mol. The van der Waals surface area contributed by atoms with E-state index >= 15 is 0 Å². The molecule has 13 heavy (non-hydrogen) atoms. The third kappa shape index (κ3) is 1.59. The molecule has 0 atom stereocenters. The fraction of sp³-hybridized carbons (Fsp3) is 0.500. The van der Waals surface area contributed by atoms with Crippen LogP contribution in [0.25, 0.3) is 0 Å². The molecule has 2 heterocycles. The highest BCUT2D eigenvalue weighted by atomic mass is 35.5. The van der Waals surface area contributed by atoms with Crippen molar-refractivity contribution in [1.29, 1.82) is 0 Å².